The summed E-state index contributed by atoms with van der Waals surface area (Å²) in [5.74, 6) is -0.124. The van der Waals surface area contributed by atoms with Crippen molar-refractivity contribution in [3.63, 3.8) is 0 Å². The molecule has 0 spiro atoms. The summed E-state index contributed by atoms with van der Waals surface area (Å²) in [7, 11) is -3.09. The standard InChI is InChI=1S/C29H58O5S.H3N/c1-5-7-9-11-13-14-15-16-17-18-19-20-21-22-24-26-28(30)29(3,34-35(31,32)33-4)27-25-23-12-10-8-6-2;/h5-27H2,1-4H3;1H3. The summed E-state index contributed by atoms with van der Waals surface area (Å²) in [6, 6.07) is 0. The lowest BCUT2D eigenvalue weighted by atomic mass is 9.90. The molecule has 0 aliphatic carbocycles. The number of carbonyl (C=O) groups is 1. The molecule has 0 radical (unpaired) electrons. The van der Waals surface area contributed by atoms with Crippen LogP contribution in [0.2, 0.25) is 0 Å². The molecule has 36 heavy (non-hydrogen) atoms. The van der Waals surface area contributed by atoms with Crippen LogP contribution in [0.15, 0.2) is 0 Å². The van der Waals surface area contributed by atoms with Gasteiger partial charge in [-0.3, -0.25) is 8.98 Å². The molecule has 0 bridgehead atoms. The van der Waals surface area contributed by atoms with Crippen molar-refractivity contribution in [1.82, 2.24) is 6.15 Å². The molecule has 6 nitrogen and oxygen atoms in total. The molecule has 7 heteroatoms. The van der Waals surface area contributed by atoms with E-state index in [1.165, 1.54) is 96.3 Å². The smallest absolute Gasteiger partial charge is 0.344 e. The Kier molecular flexibility index (Phi) is 26.0. The van der Waals surface area contributed by atoms with E-state index in [1.54, 1.807) is 6.92 Å². The third-order valence-electron chi connectivity index (χ3n) is 7.09. The van der Waals surface area contributed by atoms with Gasteiger partial charge in [0.25, 0.3) is 0 Å². The van der Waals surface area contributed by atoms with Crippen LogP contribution in [-0.2, 0) is 23.6 Å². The summed E-state index contributed by atoms with van der Waals surface area (Å²) >= 11 is 0. The Labute approximate surface area is 225 Å². The van der Waals surface area contributed by atoms with Gasteiger partial charge in [-0.25, -0.2) is 4.18 Å². The first kappa shape index (κ1) is 37.7. The van der Waals surface area contributed by atoms with Crippen LogP contribution in [0.25, 0.3) is 0 Å². The van der Waals surface area contributed by atoms with E-state index in [0.717, 1.165) is 45.6 Å². The fourth-order valence-electron chi connectivity index (χ4n) is 4.65. The summed E-state index contributed by atoms with van der Waals surface area (Å²) in [4.78, 5) is 12.9. The van der Waals surface area contributed by atoms with Crippen LogP contribution in [0.3, 0.4) is 0 Å². The zero-order valence-corrected chi connectivity index (χ0v) is 25.2. The Bertz CT molecular complexity index is 596. The zero-order chi connectivity index (χ0) is 26.3. The van der Waals surface area contributed by atoms with Gasteiger partial charge in [-0.05, 0) is 19.8 Å². The molecule has 0 rings (SSSR count). The van der Waals surface area contributed by atoms with Crippen LogP contribution in [0.5, 0.6) is 0 Å². The van der Waals surface area contributed by atoms with Crippen molar-refractivity contribution < 1.29 is 21.6 Å². The number of hydrogen-bond acceptors (Lipinski definition) is 6. The quantitative estimate of drug-likeness (QED) is 0.105. The van der Waals surface area contributed by atoms with Crippen LogP contribution in [-0.4, -0.2) is 26.9 Å². The Morgan fingerprint density at radius 3 is 1.31 bits per heavy atom. The van der Waals surface area contributed by atoms with Gasteiger partial charge in [0.15, 0.2) is 5.78 Å². The van der Waals surface area contributed by atoms with E-state index in [4.69, 9.17) is 4.18 Å². The summed E-state index contributed by atoms with van der Waals surface area (Å²) in [5, 5.41) is 0. The second kappa shape index (κ2) is 24.8. The van der Waals surface area contributed by atoms with Crippen molar-refractivity contribution in [1.29, 1.82) is 0 Å². The zero-order valence-electron chi connectivity index (χ0n) is 24.4. The molecule has 0 aliphatic heterocycles. The predicted octanol–water partition coefficient (Wildman–Crippen LogP) is 9.40. The molecule has 218 valence electrons. The van der Waals surface area contributed by atoms with E-state index in [0.29, 0.717) is 12.8 Å². The van der Waals surface area contributed by atoms with Gasteiger partial charge in [-0.1, -0.05) is 142 Å². The first-order valence-corrected chi connectivity index (χ1v) is 16.2. The first-order chi connectivity index (χ1) is 16.8. The highest BCUT2D eigenvalue weighted by molar-refractivity contribution is 7.81. The lowest BCUT2D eigenvalue weighted by molar-refractivity contribution is -0.134. The number of unbranched alkanes of at least 4 members (excludes halogenated alkanes) is 19. The average Bonchev–Trinajstić information content (AvgIpc) is 2.83. The number of hydrogen-bond donors (Lipinski definition) is 1. The molecule has 0 fully saturated rings. The van der Waals surface area contributed by atoms with E-state index in [-0.39, 0.29) is 11.9 Å². The Balaban J connectivity index is 0. The normalized spacial score (nSPS) is 13.3. The summed E-state index contributed by atoms with van der Waals surface area (Å²) in [6.07, 6.45) is 26.4. The maximum atomic E-state index is 12.9. The molecule has 1 atom stereocenters. The van der Waals surface area contributed by atoms with E-state index < -0.39 is 16.0 Å². The summed E-state index contributed by atoms with van der Waals surface area (Å²) < 4.78 is 33.5. The van der Waals surface area contributed by atoms with E-state index in [1.807, 2.05) is 0 Å². The van der Waals surface area contributed by atoms with Crippen LogP contribution in [0, 0.1) is 0 Å². The lowest BCUT2D eigenvalue weighted by Crippen LogP contribution is -2.40. The van der Waals surface area contributed by atoms with Crippen molar-refractivity contribution in [2.45, 2.75) is 174 Å². The molecule has 0 saturated heterocycles. The van der Waals surface area contributed by atoms with Crippen molar-refractivity contribution in [2.24, 2.45) is 0 Å². The molecule has 0 aliphatic rings. The maximum Gasteiger partial charge on any atom is 0.400 e. The number of carbonyl (C=O) groups excluding carboxylic acids is 1. The van der Waals surface area contributed by atoms with E-state index in [9.17, 15) is 13.2 Å². The van der Waals surface area contributed by atoms with Gasteiger partial charge in [0.1, 0.15) is 5.60 Å². The average molecular weight is 536 g/mol. The highest BCUT2D eigenvalue weighted by Crippen LogP contribution is 2.27. The Hall–Kier alpha value is -0.500. The summed E-state index contributed by atoms with van der Waals surface area (Å²) in [5.41, 5.74) is -1.32. The highest BCUT2D eigenvalue weighted by Gasteiger charge is 2.38. The monoisotopic (exact) mass is 535 g/mol. The van der Waals surface area contributed by atoms with E-state index >= 15 is 0 Å². The van der Waals surface area contributed by atoms with Gasteiger partial charge in [-0.2, -0.15) is 8.42 Å². The molecule has 0 heterocycles. The fraction of sp³-hybridized carbons (Fsp3) is 0.966. The van der Waals surface area contributed by atoms with Gasteiger partial charge in [0.05, 0.1) is 7.11 Å². The molecule has 0 aromatic heterocycles. The first-order valence-electron chi connectivity index (χ1n) is 14.9. The molecule has 3 N–H and O–H groups in total. The third-order valence-corrected chi connectivity index (χ3v) is 8.07. The molecule has 0 aromatic carbocycles. The topological polar surface area (TPSA) is 105 Å². The predicted molar refractivity (Wildman–Crippen MR) is 153 cm³/mol. The van der Waals surface area contributed by atoms with Gasteiger partial charge in [0, 0.05) is 6.42 Å². The van der Waals surface area contributed by atoms with Crippen molar-refractivity contribution >= 4 is 16.2 Å². The molecule has 0 aromatic rings. The highest BCUT2D eigenvalue weighted by atomic mass is 32.3. The Morgan fingerprint density at radius 2 is 0.944 bits per heavy atom. The van der Waals surface area contributed by atoms with Crippen molar-refractivity contribution in [3.05, 3.63) is 0 Å². The van der Waals surface area contributed by atoms with Gasteiger partial charge < -0.3 is 6.15 Å². The third kappa shape index (κ3) is 21.6. The summed E-state index contributed by atoms with van der Waals surface area (Å²) in [6.45, 7) is 6.06. The second-order valence-corrected chi connectivity index (χ2v) is 11.8. The minimum Gasteiger partial charge on any atom is -0.344 e. The van der Waals surface area contributed by atoms with E-state index in [2.05, 4.69) is 18.0 Å². The number of Topliss-reactive ketones (excluding diaryl/α,β-unsaturated/α-hetero) is 1. The Morgan fingerprint density at radius 1 is 0.611 bits per heavy atom. The molecular weight excluding hydrogens is 474 g/mol. The lowest BCUT2D eigenvalue weighted by Gasteiger charge is -2.27. The van der Waals surface area contributed by atoms with Gasteiger partial charge in [-0.15, -0.1) is 0 Å². The second-order valence-electron chi connectivity index (χ2n) is 10.5. The number of rotatable bonds is 27. The van der Waals surface area contributed by atoms with Crippen LogP contribution in [0.1, 0.15) is 168 Å². The van der Waals surface area contributed by atoms with Crippen LogP contribution >= 0.6 is 0 Å². The van der Waals surface area contributed by atoms with Crippen molar-refractivity contribution in [2.75, 3.05) is 7.11 Å². The minimum atomic E-state index is -4.15. The molecule has 0 saturated carbocycles. The van der Waals surface area contributed by atoms with Crippen LogP contribution in [0.4, 0.5) is 0 Å². The molecular formula is C29H61NO5S. The molecule has 0 amide bonds. The molecule has 1 unspecified atom stereocenters. The van der Waals surface area contributed by atoms with Crippen molar-refractivity contribution in [3.8, 4) is 0 Å². The van der Waals surface area contributed by atoms with Crippen LogP contribution < -0.4 is 6.15 Å². The van der Waals surface area contributed by atoms with Gasteiger partial charge in [0.2, 0.25) is 0 Å². The number of ketones is 1. The fourth-order valence-corrected chi connectivity index (χ4v) is 5.35. The maximum absolute atomic E-state index is 12.9. The largest absolute Gasteiger partial charge is 0.400 e. The minimum absolute atomic E-state index is 0. The SMILES string of the molecule is CCCCCCCCCCCCCCCCCC(=O)C(C)(CCCCCCCC)OS(=O)(=O)OC.N. The van der Waals surface area contributed by atoms with Gasteiger partial charge >= 0.3 is 10.4 Å².